The fraction of sp³-hybridized carbons (Fsp3) is 0.611. The van der Waals surface area contributed by atoms with Crippen LogP contribution >= 0.6 is 11.6 Å². The molecule has 24 heavy (non-hydrogen) atoms. The quantitative estimate of drug-likeness (QED) is 0.487. The Labute approximate surface area is 146 Å². The van der Waals surface area contributed by atoms with E-state index in [0.29, 0.717) is 6.42 Å². The average molecular weight is 364 g/mol. The molecule has 1 rings (SSSR count). The van der Waals surface area contributed by atoms with Gasteiger partial charge in [0.05, 0.1) is 10.6 Å². The summed E-state index contributed by atoms with van der Waals surface area (Å²) in [6, 6.07) is 3.43. The molecule has 1 atom stereocenters. The average Bonchev–Trinajstić information content (AvgIpc) is 2.51. The first-order chi connectivity index (χ1) is 11.3. The predicted octanol–water partition coefficient (Wildman–Crippen LogP) is 6.68. The molecule has 0 aliphatic carbocycles. The zero-order chi connectivity index (χ0) is 18.2. The summed E-state index contributed by atoms with van der Waals surface area (Å²) in [7, 11) is 0. The molecule has 2 nitrogen and oxygen atoms in total. The third-order valence-electron chi connectivity index (χ3n) is 4.06. The van der Waals surface area contributed by atoms with E-state index in [-0.39, 0.29) is 22.5 Å². The van der Waals surface area contributed by atoms with Gasteiger partial charge in [0.25, 0.3) is 0 Å². The molecule has 0 aliphatic heterocycles. The van der Waals surface area contributed by atoms with E-state index in [4.69, 9.17) is 11.6 Å². The second kappa shape index (κ2) is 9.92. The normalized spacial score (nSPS) is 12.9. The number of hydrogen-bond acceptors (Lipinski definition) is 1. The Kier molecular flexibility index (Phi) is 8.60. The van der Waals surface area contributed by atoms with E-state index in [0.717, 1.165) is 44.2 Å². The van der Waals surface area contributed by atoms with Crippen molar-refractivity contribution in [3.05, 3.63) is 28.8 Å². The summed E-state index contributed by atoms with van der Waals surface area (Å²) < 4.78 is 38.6. The monoisotopic (exact) mass is 363 g/mol. The van der Waals surface area contributed by atoms with Crippen molar-refractivity contribution in [1.29, 1.82) is 0 Å². The van der Waals surface area contributed by atoms with Crippen LogP contribution in [0.1, 0.15) is 64.4 Å². The molecule has 1 amide bonds. The summed E-state index contributed by atoms with van der Waals surface area (Å²) in [5.41, 5.74) is -0.810. The molecular formula is C18H25ClF3NO. The Morgan fingerprint density at radius 2 is 1.83 bits per heavy atom. The minimum absolute atomic E-state index is 0.126. The zero-order valence-corrected chi connectivity index (χ0v) is 14.9. The summed E-state index contributed by atoms with van der Waals surface area (Å²) in [6.07, 6.45) is 2.42. The second-order valence-corrected chi connectivity index (χ2v) is 6.40. The molecule has 1 aromatic rings. The maximum atomic E-state index is 12.9. The number of carbonyl (C=O) groups is 1. The molecule has 0 radical (unpaired) electrons. The van der Waals surface area contributed by atoms with E-state index in [1.54, 1.807) is 0 Å². The van der Waals surface area contributed by atoms with E-state index >= 15 is 0 Å². The molecule has 6 heteroatoms. The van der Waals surface area contributed by atoms with Gasteiger partial charge < -0.3 is 5.32 Å². The molecular weight excluding hydrogens is 339 g/mol. The lowest BCUT2D eigenvalue weighted by Crippen LogP contribution is -2.22. The maximum absolute atomic E-state index is 12.9. The highest BCUT2D eigenvalue weighted by molar-refractivity contribution is 6.31. The summed E-state index contributed by atoms with van der Waals surface area (Å²) in [5, 5.41) is 2.22. The third kappa shape index (κ3) is 6.71. The highest BCUT2D eigenvalue weighted by atomic mass is 35.5. The molecule has 1 unspecified atom stereocenters. The first-order valence-corrected chi connectivity index (χ1v) is 8.85. The predicted molar refractivity (Wildman–Crippen MR) is 92.2 cm³/mol. The van der Waals surface area contributed by atoms with Crippen LogP contribution < -0.4 is 5.32 Å². The molecule has 0 saturated carbocycles. The molecule has 0 heterocycles. The van der Waals surface area contributed by atoms with Gasteiger partial charge >= 0.3 is 6.18 Å². The SMILES string of the molecule is CCCCCCCC(CC)C(=O)Nc1ccc(Cl)c(C(F)(F)F)c1. The molecule has 1 N–H and O–H groups in total. The van der Waals surface area contributed by atoms with Gasteiger partial charge in [0.1, 0.15) is 0 Å². The Balaban J connectivity index is 2.65. The van der Waals surface area contributed by atoms with Gasteiger partial charge in [0, 0.05) is 11.6 Å². The fourth-order valence-corrected chi connectivity index (χ4v) is 2.80. The number of anilines is 1. The van der Waals surface area contributed by atoms with E-state index in [9.17, 15) is 18.0 Å². The topological polar surface area (TPSA) is 29.1 Å². The lowest BCUT2D eigenvalue weighted by Gasteiger charge is -2.16. The largest absolute Gasteiger partial charge is 0.417 e. The standard InChI is InChI=1S/C18H25ClF3NO/c1-3-5-6-7-8-9-13(4-2)17(24)23-14-10-11-16(19)15(12-14)18(20,21)22/h10-13H,3-9H2,1-2H3,(H,23,24). The maximum Gasteiger partial charge on any atom is 0.417 e. The number of halogens is 4. The first kappa shape index (κ1) is 20.8. The Morgan fingerprint density at radius 1 is 1.17 bits per heavy atom. The summed E-state index contributed by atoms with van der Waals surface area (Å²) in [4.78, 5) is 12.3. The minimum atomic E-state index is -4.54. The van der Waals surface area contributed by atoms with Crippen molar-refractivity contribution in [1.82, 2.24) is 0 Å². The number of alkyl halides is 3. The minimum Gasteiger partial charge on any atom is -0.326 e. The number of carbonyl (C=O) groups excluding carboxylic acids is 1. The Bertz CT molecular complexity index is 531. The zero-order valence-electron chi connectivity index (χ0n) is 14.2. The molecule has 136 valence electrons. The number of rotatable bonds is 9. The van der Waals surface area contributed by atoms with Crippen LogP contribution in [0.3, 0.4) is 0 Å². The lowest BCUT2D eigenvalue weighted by atomic mass is 9.97. The van der Waals surface area contributed by atoms with Crippen LogP contribution in [0.25, 0.3) is 0 Å². The molecule has 0 saturated heterocycles. The molecule has 0 bridgehead atoms. The van der Waals surface area contributed by atoms with E-state index in [1.165, 1.54) is 12.5 Å². The molecule has 1 aromatic carbocycles. The summed E-state index contributed by atoms with van der Waals surface area (Å²) >= 11 is 5.58. The Morgan fingerprint density at radius 3 is 2.42 bits per heavy atom. The van der Waals surface area contributed by atoms with Crippen molar-refractivity contribution < 1.29 is 18.0 Å². The van der Waals surface area contributed by atoms with Crippen molar-refractivity contribution >= 4 is 23.2 Å². The fourth-order valence-electron chi connectivity index (χ4n) is 2.58. The Hall–Kier alpha value is -1.23. The number of benzene rings is 1. The van der Waals surface area contributed by atoms with Crippen molar-refractivity contribution in [3.63, 3.8) is 0 Å². The van der Waals surface area contributed by atoms with Gasteiger partial charge in [-0.2, -0.15) is 13.2 Å². The van der Waals surface area contributed by atoms with E-state index in [1.807, 2.05) is 6.92 Å². The lowest BCUT2D eigenvalue weighted by molar-refractivity contribution is -0.137. The van der Waals surface area contributed by atoms with Gasteiger partial charge in [-0.3, -0.25) is 4.79 Å². The van der Waals surface area contributed by atoms with Crippen LogP contribution in [0.5, 0.6) is 0 Å². The molecule has 0 spiro atoms. The van der Waals surface area contributed by atoms with Crippen molar-refractivity contribution in [3.8, 4) is 0 Å². The third-order valence-corrected chi connectivity index (χ3v) is 4.39. The molecule has 0 fully saturated rings. The molecule has 0 aromatic heterocycles. The van der Waals surface area contributed by atoms with Gasteiger partial charge in [-0.1, -0.05) is 57.6 Å². The summed E-state index contributed by atoms with van der Waals surface area (Å²) in [6.45, 7) is 4.06. The van der Waals surface area contributed by atoms with Crippen molar-refractivity contribution in [2.24, 2.45) is 5.92 Å². The van der Waals surface area contributed by atoms with Crippen LogP contribution in [-0.2, 0) is 11.0 Å². The van der Waals surface area contributed by atoms with Crippen LogP contribution in [0, 0.1) is 5.92 Å². The smallest absolute Gasteiger partial charge is 0.326 e. The highest BCUT2D eigenvalue weighted by Gasteiger charge is 2.33. The molecule has 0 aliphatic rings. The van der Waals surface area contributed by atoms with Crippen LogP contribution in [0.2, 0.25) is 5.02 Å². The number of unbranched alkanes of at least 4 members (excludes halogenated alkanes) is 4. The van der Waals surface area contributed by atoms with Gasteiger partial charge in [0.2, 0.25) is 5.91 Å². The number of nitrogens with one attached hydrogen (secondary N) is 1. The second-order valence-electron chi connectivity index (χ2n) is 5.99. The number of amides is 1. The van der Waals surface area contributed by atoms with Crippen molar-refractivity contribution in [2.45, 2.75) is 65.0 Å². The van der Waals surface area contributed by atoms with Crippen LogP contribution in [0.15, 0.2) is 18.2 Å². The van der Waals surface area contributed by atoms with E-state index in [2.05, 4.69) is 12.2 Å². The van der Waals surface area contributed by atoms with Gasteiger partial charge in [0.15, 0.2) is 0 Å². The van der Waals surface area contributed by atoms with Gasteiger partial charge in [-0.15, -0.1) is 0 Å². The van der Waals surface area contributed by atoms with Crippen molar-refractivity contribution in [2.75, 3.05) is 5.32 Å². The highest BCUT2D eigenvalue weighted by Crippen LogP contribution is 2.36. The van der Waals surface area contributed by atoms with Crippen LogP contribution in [0.4, 0.5) is 18.9 Å². The van der Waals surface area contributed by atoms with E-state index < -0.39 is 11.7 Å². The summed E-state index contributed by atoms with van der Waals surface area (Å²) in [5.74, 6) is -0.417. The van der Waals surface area contributed by atoms with Gasteiger partial charge in [-0.05, 0) is 31.0 Å². The van der Waals surface area contributed by atoms with Gasteiger partial charge in [-0.25, -0.2) is 0 Å². The first-order valence-electron chi connectivity index (χ1n) is 8.47. The van der Waals surface area contributed by atoms with Crippen LogP contribution in [-0.4, -0.2) is 5.91 Å². The number of hydrogen-bond donors (Lipinski definition) is 1.